The van der Waals surface area contributed by atoms with Crippen LogP contribution in [-0.4, -0.2) is 38.6 Å². The number of sulfone groups is 1. The third-order valence-corrected chi connectivity index (χ3v) is 6.26. The summed E-state index contributed by atoms with van der Waals surface area (Å²) in [6.45, 7) is 1.99. The van der Waals surface area contributed by atoms with Gasteiger partial charge in [0.25, 0.3) is 0 Å². The second kappa shape index (κ2) is 13.4. The second-order valence-corrected chi connectivity index (χ2v) is 10.9. The van der Waals surface area contributed by atoms with Crippen LogP contribution < -0.4 is 10.6 Å². The first kappa shape index (κ1) is 27.6. The normalized spacial score (nSPS) is 13.4. The maximum Gasteiger partial charge on any atom is 0.244 e. The predicted molar refractivity (Wildman–Crippen MR) is 148 cm³/mol. The molecule has 0 aliphatic rings. The van der Waals surface area contributed by atoms with Crippen molar-refractivity contribution >= 4 is 27.7 Å². The molecule has 0 aliphatic heterocycles. The molecule has 2 atom stereocenters. The van der Waals surface area contributed by atoms with E-state index >= 15 is 0 Å². The Morgan fingerprint density at radius 1 is 0.811 bits per heavy atom. The molecule has 3 rings (SSSR count). The van der Waals surface area contributed by atoms with Crippen LogP contribution in [0.5, 0.6) is 0 Å². The summed E-state index contributed by atoms with van der Waals surface area (Å²) in [6, 6.07) is 25.2. The number of nitrogens with one attached hydrogen (secondary N) is 2. The van der Waals surface area contributed by atoms with Crippen molar-refractivity contribution < 1.29 is 18.0 Å². The van der Waals surface area contributed by atoms with Crippen molar-refractivity contribution in [3.8, 4) is 0 Å². The molecular formula is C30H32N2O4S. The minimum atomic E-state index is -3.38. The molecule has 0 radical (unpaired) electrons. The van der Waals surface area contributed by atoms with E-state index in [0.29, 0.717) is 6.42 Å². The molecule has 0 heterocycles. The van der Waals surface area contributed by atoms with Gasteiger partial charge in [0.15, 0.2) is 9.84 Å². The lowest BCUT2D eigenvalue weighted by molar-refractivity contribution is -0.127. The molecular weight excluding hydrogens is 484 g/mol. The van der Waals surface area contributed by atoms with Gasteiger partial charge < -0.3 is 10.6 Å². The average Bonchev–Trinajstić information content (AvgIpc) is 2.87. The monoisotopic (exact) mass is 516 g/mol. The van der Waals surface area contributed by atoms with Crippen LogP contribution in [0.1, 0.15) is 22.3 Å². The summed E-state index contributed by atoms with van der Waals surface area (Å²) in [5.41, 5.74) is 3.82. The van der Waals surface area contributed by atoms with Crippen LogP contribution in [0, 0.1) is 6.92 Å². The quantitative estimate of drug-likeness (QED) is 0.377. The van der Waals surface area contributed by atoms with E-state index in [-0.39, 0.29) is 6.42 Å². The van der Waals surface area contributed by atoms with Crippen molar-refractivity contribution in [2.75, 3.05) is 6.26 Å². The summed E-state index contributed by atoms with van der Waals surface area (Å²) in [5.74, 6) is -0.803. The highest BCUT2D eigenvalue weighted by Crippen LogP contribution is 2.09. The Morgan fingerprint density at radius 2 is 1.38 bits per heavy atom. The summed E-state index contributed by atoms with van der Waals surface area (Å²) < 4.78 is 23.5. The van der Waals surface area contributed by atoms with Crippen LogP contribution in [0.2, 0.25) is 0 Å². The summed E-state index contributed by atoms with van der Waals surface area (Å²) in [5, 5.41) is 6.82. The number of carbonyl (C=O) groups is 2. The Balaban J connectivity index is 1.78. The summed E-state index contributed by atoms with van der Waals surface area (Å²) in [4.78, 5) is 26.1. The Labute approximate surface area is 219 Å². The number of hydrogen-bond acceptors (Lipinski definition) is 4. The lowest BCUT2D eigenvalue weighted by atomic mass is 10.0. The first-order chi connectivity index (χ1) is 17.7. The first-order valence-electron chi connectivity index (χ1n) is 12.0. The zero-order chi connectivity index (χ0) is 26.7. The van der Waals surface area contributed by atoms with Crippen molar-refractivity contribution in [3.05, 3.63) is 125 Å². The largest absolute Gasteiger partial charge is 0.348 e. The highest BCUT2D eigenvalue weighted by atomic mass is 32.2. The van der Waals surface area contributed by atoms with E-state index in [4.69, 9.17) is 0 Å². The van der Waals surface area contributed by atoms with Crippen molar-refractivity contribution in [3.63, 3.8) is 0 Å². The van der Waals surface area contributed by atoms with Crippen LogP contribution in [0.15, 0.2) is 102 Å². The third-order valence-electron chi connectivity index (χ3n) is 5.60. The molecule has 2 amide bonds. The molecule has 3 aromatic carbocycles. The highest BCUT2D eigenvalue weighted by Gasteiger charge is 2.23. The molecule has 0 saturated carbocycles. The molecule has 0 fully saturated rings. The molecule has 7 heteroatoms. The van der Waals surface area contributed by atoms with Crippen LogP contribution in [-0.2, 0) is 32.3 Å². The number of rotatable bonds is 11. The summed E-state index contributed by atoms with van der Waals surface area (Å²) in [6.07, 6.45) is 6.35. The zero-order valence-electron chi connectivity index (χ0n) is 21.0. The highest BCUT2D eigenvalue weighted by molar-refractivity contribution is 7.93. The van der Waals surface area contributed by atoms with Gasteiger partial charge in [0, 0.05) is 24.2 Å². The SMILES string of the molecule is Cc1ccc(/C=C/C(=O)NC(Cc2ccccc2)C(=O)NC(/C=C/S(C)(=O)=O)Cc2ccccc2)cc1. The maximum absolute atomic E-state index is 13.4. The van der Waals surface area contributed by atoms with Gasteiger partial charge in [-0.3, -0.25) is 9.59 Å². The molecule has 0 spiro atoms. The van der Waals surface area contributed by atoms with E-state index in [2.05, 4.69) is 10.6 Å². The van der Waals surface area contributed by atoms with E-state index in [1.165, 1.54) is 12.2 Å². The Bertz CT molecular complexity index is 1330. The molecule has 192 valence electrons. The molecule has 2 N–H and O–H groups in total. The molecule has 0 aromatic heterocycles. The van der Waals surface area contributed by atoms with Gasteiger partial charge in [-0.15, -0.1) is 0 Å². The molecule has 37 heavy (non-hydrogen) atoms. The van der Waals surface area contributed by atoms with Crippen LogP contribution >= 0.6 is 0 Å². The van der Waals surface area contributed by atoms with Crippen LogP contribution in [0.4, 0.5) is 0 Å². The van der Waals surface area contributed by atoms with Gasteiger partial charge in [-0.25, -0.2) is 8.42 Å². The first-order valence-corrected chi connectivity index (χ1v) is 13.9. The van der Waals surface area contributed by atoms with Crippen molar-refractivity contribution in [2.45, 2.75) is 31.8 Å². The number of carbonyl (C=O) groups excluding carboxylic acids is 2. The number of aryl methyl sites for hydroxylation is 1. The Morgan fingerprint density at radius 3 is 1.95 bits per heavy atom. The number of hydrogen-bond donors (Lipinski definition) is 2. The second-order valence-electron chi connectivity index (χ2n) is 8.96. The smallest absolute Gasteiger partial charge is 0.244 e. The summed E-state index contributed by atoms with van der Waals surface area (Å²) >= 11 is 0. The fraction of sp³-hybridized carbons (Fsp3) is 0.200. The zero-order valence-corrected chi connectivity index (χ0v) is 21.8. The van der Waals surface area contributed by atoms with E-state index in [1.807, 2.05) is 91.9 Å². The Hall–Kier alpha value is -3.97. The predicted octanol–water partition coefficient (Wildman–Crippen LogP) is 4.02. The van der Waals surface area contributed by atoms with E-state index < -0.39 is 33.7 Å². The van der Waals surface area contributed by atoms with Crippen molar-refractivity contribution in [2.24, 2.45) is 0 Å². The summed E-state index contributed by atoms with van der Waals surface area (Å²) in [7, 11) is -3.38. The van der Waals surface area contributed by atoms with Crippen LogP contribution in [0.25, 0.3) is 6.08 Å². The van der Waals surface area contributed by atoms with E-state index in [0.717, 1.165) is 33.9 Å². The van der Waals surface area contributed by atoms with Gasteiger partial charge in [0.2, 0.25) is 11.8 Å². The van der Waals surface area contributed by atoms with Gasteiger partial charge >= 0.3 is 0 Å². The van der Waals surface area contributed by atoms with Crippen molar-refractivity contribution in [1.29, 1.82) is 0 Å². The molecule has 6 nitrogen and oxygen atoms in total. The maximum atomic E-state index is 13.4. The van der Waals surface area contributed by atoms with Gasteiger partial charge in [-0.2, -0.15) is 0 Å². The van der Waals surface area contributed by atoms with E-state index in [1.54, 1.807) is 6.08 Å². The number of benzene rings is 3. The minimum absolute atomic E-state index is 0.282. The van der Waals surface area contributed by atoms with Gasteiger partial charge in [0.05, 0.1) is 6.04 Å². The fourth-order valence-corrected chi connectivity index (χ4v) is 4.16. The van der Waals surface area contributed by atoms with Gasteiger partial charge in [0.1, 0.15) is 6.04 Å². The molecule has 0 bridgehead atoms. The van der Waals surface area contributed by atoms with Gasteiger partial charge in [-0.1, -0.05) is 96.6 Å². The average molecular weight is 517 g/mol. The van der Waals surface area contributed by atoms with Crippen molar-refractivity contribution in [1.82, 2.24) is 10.6 Å². The molecule has 0 aliphatic carbocycles. The lowest BCUT2D eigenvalue weighted by Crippen LogP contribution is -2.50. The molecule has 3 aromatic rings. The van der Waals surface area contributed by atoms with Gasteiger partial charge in [-0.05, 0) is 36.1 Å². The Kier molecular flexibility index (Phi) is 9.98. The number of amides is 2. The molecule has 2 unspecified atom stereocenters. The van der Waals surface area contributed by atoms with Crippen LogP contribution in [0.3, 0.4) is 0 Å². The lowest BCUT2D eigenvalue weighted by Gasteiger charge is -2.22. The standard InChI is InChI=1S/C30H32N2O4S/c1-23-13-15-24(16-14-23)17-18-29(33)32-28(22-26-11-7-4-8-12-26)30(34)31-27(19-20-37(2,35)36)21-25-9-5-3-6-10-25/h3-20,27-28H,21-22H2,1-2H3,(H,31,34)(H,32,33)/b18-17+,20-19+. The van der Waals surface area contributed by atoms with E-state index in [9.17, 15) is 18.0 Å². The fourth-order valence-electron chi connectivity index (χ4n) is 3.68. The topological polar surface area (TPSA) is 92.3 Å². The third kappa shape index (κ3) is 10.3. The molecule has 0 saturated heterocycles. The minimum Gasteiger partial charge on any atom is -0.348 e.